The number of fused-ring (bicyclic) bond motifs is 1. The summed E-state index contributed by atoms with van der Waals surface area (Å²) in [4.78, 5) is 7.01. The molecule has 2 aromatic rings. The molecule has 2 N–H and O–H groups in total. The minimum atomic E-state index is 0. The van der Waals surface area contributed by atoms with E-state index in [1.807, 2.05) is 12.3 Å². The first kappa shape index (κ1) is 15.7. The van der Waals surface area contributed by atoms with E-state index in [9.17, 15) is 0 Å². The Morgan fingerprint density at radius 3 is 2.75 bits per heavy atom. The van der Waals surface area contributed by atoms with Gasteiger partial charge in [0, 0.05) is 28.6 Å². The first-order valence-corrected chi connectivity index (χ1v) is 7.53. The maximum atomic E-state index is 5.96. The van der Waals surface area contributed by atoms with Crippen molar-refractivity contribution in [1.82, 2.24) is 9.88 Å². The molecule has 3 nitrogen and oxygen atoms in total. The van der Waals surface area contributed by atoms with E-state index >= 15 is 0 Å². The van der Waals surface area contributed by atoms with Crippen molar-refractivity contribution in [3.63, 3.8) is 0 Å². The quantitative estimate of drug-likeness (QED) is 0.897. The number of likely N-dealkylation sites (tertiary alicyclic amines) is 1. The number of hydrogen-bond acceptors (Lipinski definition) is 3. The Morgan fingerprint density at radius 1 is 1.25 bits per heavy atom. The highest BCUT2D eigenvalue weighted by Gasteiger charge is 2.17. The number of hydrogen-bond donors (Lipinski definition) is 1. The number of nitrogens with zero attached hydrogens (tertiary/aromatic N) is 2. The van der Waals surface area contributed by atoms with Crippen LogP contribution in [0.3, 0.4) is 0 Å². The van der Waals surface area contributed by atoms with Crippen LogP contribution in [0.25, 0.3) is 10.9 Å². The van der Waals surface area contributed by atoms with Gasteiger partial charge in [0.05, 0.1) is 5.52 Å². The molecule has 20 heavy (non-hydrogen) atoms. The average Bonchev–Trinajstić information content (AvgIpc) is 2.45. The van der Waals surface area contributed by atoms with Gasteiger partial charge < -0.3 is 5.73 Å². The van der Waals surface area contributed by atoms with E-state index in [1.165, 1.54) is 10.9 Å². The van der Waals surface area contributed by atoms with Gasteiger partial charge in [0.1, 0.15) is 0 Å². The third kappa shape index (κ3) is 3.31. The van der Waals surface area contributed by atoms with Crippen LogP contribution >= 0.6 is 28.3 Å². The standard InChI is InChI=1S/C15H18BrN3.ClH/c16-14-4-3-11(15-13(14)2-1-7-18-15)10-19-8-5-12(17)6-9-19;/h1-4,7,12H,5-6,8-10,17H2;1H. The van der Waals surface area contributed by atoms with Gasteiger partial charge in [-0.3, -0.25) is 9.88 Å². The molecule has 108 valence electrons. The molecule has 0 spiro atoms. The largest absolute Gasteiger partial charge is 0.328 e. The lowest BCUT2D eigenvalue weighted by atomic mass is 10.0. The molecular formula is C15H19BrClN3. The van der Waals surface area contributed by atoms with Crippen LogP contribution in [-0.4, -0.2) is 29.0 Å². The van der Waals surface area contributed by atoms with Crippen LogP contribution < -0.4 is 5.73 Å². The summed E-state index contributed by atoms with van der Waals surface area (Å²) in [5.74, 6) is 0. The molecule has 0 amide bonds. The van der Waals surface area contributed by atoms with Gasteiger partial charge in [0.15, 0.2) is 0 Å². The molecule has 1 aromatic heterocycles. The average molecular weight is 357 g/mol. The SMILES string of the molecule is Cl.NC1CCN(Cc2ccc(Br)c3cccnc23)CC1. The van der Waals surface area contributed by atoms with Crippen LogP contribution in [0, 0.1) is 0 Å². The van der Waals surface area contributed by atoms with Crippen LogP contribution in [0.4, 0.5) is 0 Å². The van der Waals surface area contributed by atoms with Crippen molar-refractivity contribution in [3.8, 4) is 0 Å². The van der Waals surface area contributed by atoms with E-state index in [0.717, 1.165) is 42.5 Å². The topological polar surface area (TPSA) is 42.1 Å². The van der Waals surface area contributed by atoms with Crippen molar-refractivity contribution in [3.05, 3.63) is 40.5 Å². The van der Waals surface area contributed by atoms with Crippen LogP contribution in [0.5, 0.6) is 0 Å². The summed E-state index contributed by atoms with van der Waals surface area (Å²) in [6, 6.07) is 8.78. The molecular weight excluding hydrogens is 338 g/mol. The second kappa shape index (κ2) is 6.85. The summed E-state index contributed by atoms with van der Waals surface area (Å²) >= 11 is 3.59. The number of aromatic nitrogens is 1. The minimum Gasteiger partial charge on any atom is -0.328 e. The Hall–Kier alpha value is -0.680. The van der Waals surface area contributed by atoms with Crippen molar-refractivity contribution in [2.75, 3.05) is 13.1 Å². The molecule has 0 aliphatic carbocycles. The Kier molecular flexibility index (Phi) is 5.38. The molecule has 0 unspecified atom stereocenters. The Bertz CT molecular complexity index is 582. The maximum Gasteiger partial charge on any atom is 0.0758 e. The molecule has 1 aliphatic heterocycles. The molecule has 1 aromatic carbocycles. The molecule has 1 aliphatic rings. The number of rotatable bonds is 2. The zero-order valence-electron chi connectivity index (χ0n) is 11.3. The molecule has 3 rings (SSSR count). The third-order valence-electron chi connectivity index (χ3n) is 3.83. The predicted molar refractivity (Wildman–Crippen MR) is 89.2 cm³/mol. The fraction of sp³-hybridized carbons (Fsp3) is 0.400. The van der Waals surface area contributed by atoms with Gasteiger partial charge >= 0.3 is 0 Å². The lowest BCUT2D eigenvalue weighted by Gasteiger charge is -2.30. The molecule has 0 saturated carbocycles. The van der Waals surface area contributed by atoms with Gasteiger partial charge in [-0.1, -0.05) is 28.1 Å². The predicted octanol–water partition coefficient (Wildman–Crippen LogP) is 3.34. The Morgan fingerprint density at radius 2 is 2.00 bits per heavy atom. The lowest BCUT2D eigenvalue weighted by Crippen LogP contribution is -2.39. The highest BCUT2D eigenvalue weighted by molar-refractivity contribution is 9.10. The van der Waals surface area contributed by atoms with E-state index in [-0.39, 0.29) is 12.4 Å². The maximum absolute atomic E-state index is 5.96. The summed E-state index contributed by atoms with van der Waals surface area (Å²) in [7, 11) is 0. The summed E-state index contributed by atoms with van der Waals surface area (Å²) in [6.45, 7) is 3.14. The summed E-state index contributed by atoms with van der Waals surface area (Å²) < 4.78 is 1.11. The summed E-state index contributed by atoms with van der Waals surface area (Å²) in [5, 5.41) is 1.19. The monoisotopic (exact) mass is 355 g/mol. The summed E-state index contributed by atoms with van der Waals surface area (Å²) in [6.07, 6.45) is 4.06. The lowest BCUT2D eigenvalue weighted by molar-refractivity contribution is 0.206. The first-order valence-electron chi connectivity index (χ1n) is 6.74. The third-order valence-corrected chi connectivity index (χ3v) is 4.52. The van der Waals surface area contributed by atoms with E-state index < -0.39 is 0 Å². The van der Waals surface area contributed by atoms with E-state index in [2.05, 4.69) is 44.0 Å². The molecule has 0 atom stereocenters. The van der Waals surface area contributed by atoms with Crippen LogP contribution in [0.1, 0.15) is 18.4 Å². The second-order valence-corrected chi connectivity index (χ2v) is 6.07. The Balaban J connectivity index is 0.00000147. The fourth-order valence-electron chi connectivity index (χ4n) is 2.68. The van der Waals surface area contributed by atoms with Gasteiger partial charge in [-0.05, 0) is 43.6 Å². The number of nitrogens with two attached hydrogens (primary N) is 1. The first-order chi connectivity index (χ1) is 9.24. The number of benzene rings is 1. The van der Waals surface area contributed by atoms with E-state index in [0.29, 0.717) is 6.04 Å². The van der Waals surface area contributed by atoms with Gasteiger partial charge in [-0.15, -0.1) is 12.4 Å². The zero-order valence-corrected chi connectivity index (χ0v) is 13.7. The van der Waals surface area contributed by atoms with Crippen molar-refractivity contribution in [1.29, 1.82) is 0 Å². The van der Waals surface area contributed by atoms with E-state index in [1.54, 1.807) is 0 Å². The molecule has 0 bridgehead atoms. The number of halogens is 2. The smallest absolute Gasteiger partial charge is 0.0758 e. The zero-order chi connectivity index (χ0) is 13.2. The molecule has 2 heterocycles. The van der Waals surface area contributed by atoms with Crippen molar-refractivity contribution >= 4 is 39.2 Å². The van der Waals surface area contributed by atoms with Gasteiger partial charge in [-0.2, -0.15) is 0 Å². The van der Waals surface area contributed by atoms with Crippen molar-refractivity contribution in [2.24, 2.45) is 5.73 Å². The van der Waals surface area contributed by atoms with Crippen LogP contribution in [-0.2, 0) is 6.54 Å². The van der Waals surface area contributed by atoms with Crippen molar-refractivity contribution < 1.29 is 0 Å². The van der Waals surface area contributed by atoms with Crippen LogP contribution in [0.2, 0.25) is 0 Å². The van der Waals surface area contributed by atoms with Gasteiger partial charge in [0.25, 0.3) is 0 Å². The van der Waals surface area contributed by atoms with Gasteiger partial charge in [0.2, 0.25) is 0 Å². The Labute approximate surface area is 134 Å². The normalized spacial score (nSPS) is 17.1. The molecule has 0 radical (unpaired) electrons. The van der Waals surface area contributed by atoms with E-state index in [4.69, 9.17) is 5.73 Å². The van der Waals surface area contributed by atoms with Crippen molar-refractivity contribution in [2.45, 2.75) is 25.4 Å². The molecule has 1 saturated heterocycles. The van der Waals surface area contributed by atoms with Gasteiger partial charge in [-0.25, -0.2) is 0 Å². The number of pyridine rings is 1. The second-order valence-electron chi connectivity index (χ2n) is 5.22. The highest BCUT2D eigenvalue weighted by atomic mass is 79.9. The highest BCUT2D eigenvalue weighted by Crippen LogP contribution is 2.26. The summed E-state index contributed by atoms with van der Waals surface area (Å²) in [5.41, 5.74) is 8.36. The molecule has 1 fully saturated rings. The minimum absolute atomic E-state index is 0. The fourth-order valence-corrected chi connectivity index (χ4v) is 3.13. The number of piperidine rings is 1. The molecule has 5 heteroatoms. The van der Waals surface area contributed by atoms with Crippen LogP contribution in [0.15, 0.2) is 34.9 Å².